The number of rotatable bonds is 7. The highest BCUT2D eigenvalue weighted by Crippen LogP contribution is 2.31. The Morgan fingerprint density at radius 2 is 1.96 bits per heavy atom. The molecule has 6 nitrogen and oxygen atoms in total. The van der Waals surface area contributed by atoms with E-state index < -0.39 is 0 Å². The summed E-state index contributed by atoms with van der Waals surface area (Å²) in [5.41, 5.74) is 1.84. The van der Waals surface area contributed by atoms with E-state index in [0.29, 0.717) is 30.4 Å². The van der Waals surface area contributed by atoms with E-state index in [1.165, 1.54) is 5.56 Å². The zero-order chi connectivity index (χ0) is 18.5. The van der Waals surface area contributed by atoms with E-state index in [2.05, 4.69) is 50.9 Å². The maximum atomic E-state index is 9.12. The molecule has 0 bridgehead atoms. The third-order valence-corrected chi connectivity index (χ3v) is 4.81. The Balaban J connectivity index is 1.72. The molecule has 3 heterocycles. The fraction of sp³-hybridized carbons (Fsp3) is 0.368. The molecule has 0 radical (unpaired) electrons. The molecule has 7 heteroatoms. The molecule has 0 aliphatic carbocycles. The van der Waals surface area contributed by atoms with Crippen molar-refractivity contribution in [1.82, 2.24) is 15.0 Å². The van der Waals surface area contributed by atoms with Gasteiger partial charge in [0.25, 0.3) is 0 Å². The molecule has 3 aromatic rings. The molecule has 0 unspecified atom stereocenters. The fourth-order valence-corrected chi connectivity index (χ4v) is 3.82. The summed E-state index contributed by atoms with van der Waals surface area (Å²) in [5, 5.41) is 19.1. The number of fused-ring (bicyclic) bond motifs is 1. The molecule has 2 N–H and O–H groups in total. The van der Waals surface area contributed by atoms with Gasteiger partial charge in [0.1, 0.15) is 28.4 Å². The lowest BCUT2D eigenvalue weighted by molar-refractivity contribution is 0.651. The minimum atomic E-state index is 0.546. The Hall–Kier alpha value is -2.72. The largest absolute Gasteiger partial charge is 0.368 e. The quantitative estimate of drug-likeness (QED) is 0.615. The first kappa shape index (κ1) is 18.1. The molecule has 0 fully saturated rings. The van der Waals surface area contributed by atoms with Gasteiger partial charge in [-0.15, -0.1) is 11.3 Å². The molecular formula is C19H22N6S. The van der Waals surface area contributed by atoms with Crippen LogP contribution in [-0.2, 0) is 6.42 Å². The van der Waals surface area contributed by atoms with Crippen molar-refractivity contribution in [3.63, 3.8) is 0 Å². The van der Waals surface area contributed by atoms with E-state index in [1.54, 1.807) is 29.7 Å². The minimum Gasteiger partial charge on any atom is -0.368 e. The van der Waals surface area contributed by atoms with Crippen molar-refractivity contribution in [3.05, 3.63) is 40.7 Å². The first-order valence-electron chi connectivity index (χ1n) is 8.66. The maximum absolute atomic E-state index is 9.12. The van der Waals surface area contributed by atoms with Crippen LogP contribution >= 0.6 is 11.3 Å². The highest BCUT2D eigenvalue weighted by molar-refractivity contribution is 7.17. The summed E-state index contributed by atoms with van der Waals surface area (Å²) in [7, 11) is 0. The molecule has 0 saturated carbocycles. The maximum Gasteiger partial charge on any atom is 0.143 e. The topological polar surface area (TPSA) is 86.5 Å². The van der Waals surface area contributed by atoms with E-state index in [0.717, 1.165) is 28.3 Å². The third-order valence-electron chi connectivity index (χ3n) is 3.89. The third kappa shape index (κ3) is 4.09. The predicted octanol–water partition coefficient (Wildman–Crippen LogP) is 3.99. The summed E-state index contributed by atoms with van der Waals surface area (Å²) in [4.78, 5) is 14.4. The zero-order valence-corrected chi connectivity index (χ0v) is 16.0. The first-order valence-corrected chi connectivity index (χ1v) is 9.54. The Morgan fingerprint density at radius 1 is 1.19 bits per heavy atom. The SMILES string of the molecule is Cc1nc(NCCNc2ncccc2C#N)c2c(CC(C)C)csc2n1. The molecule has 0 atom stereocenters. The van der Waals surface area contributed by atoms with Gasteiger partial charge in [0.05, 0.1) is 10.9 Å². The highest BCUT2D eigenvalue weighted by atomic mass is 32.1. The summed E-state index contributed by atoms with van der Waals surface area (Å²) in [5.74, 6) is 2.84. The van der Waals surface area contributed by atoms with E-state index in [1.807, 2.05) is 6.92 Å². The number of hydrogen-bond donors (Lipinski definition) is 2. The average molecular weight is 366 g/mol. The van der Waals surface area contributed by atoms with E-state index in [-0.39, 0.29) is 0 Å². The normalized spacial score (nSPS) is 10.9. The molecule has 134 valence electrons. The van der Waals surface area contributed by atoms with E-state index in [9.17, 15) is 0 Å². The van der Waals surface area contributed by atoms with Gasteiger partial charge in [-0.3, -0.25) is 0 Å². The summed E-state index contributed by atoms with van der Waals surface area (Å²) < 4.78 is 0. The molecular weight excluding hydrogens is 344 g/mol. The van der Waals surface area contributed by atoms with Crippen LogP contribution in [-0.4, -0.2) is 28.0 Å². The smallest absolute Gasteiger partial charge is 0.143 e. The molecule has 0 aromatic carbocycles. The van der Waals surface area contributed by atoms with Crippen molar-refractivity contribution in [2.24, 2.45) is 5.92 Å². The number of anilines is 2. The van der Waals surface area contributed by atoms with Gasteiger partial charge >= 0.3 is 0 Å². The van der Waals surface area contributed by atoms with Crippen LogP contribution in [0.3, 0.4) is 0 Å². The second kappa shape index (κ2) is 8.11. The average Bonchev–Trinajstić information content (AvgIpc) is 3.00. The van der Waals surface area contributed by atoms with Crippen LogP contribution < -0.4 is 10.6 Å². The van der Waals surface area contributed by atoms with Crippen LogP contribution in [0.5, 0.6) is 0 Å². The van der Waals surface area contributed by atoms with E-state index >= 15 is 0 Å². The van der Waals surface area contributed by atoms with Crippen LogP contribution in [0, 0.1) is 24.2 Å². The minimum absolute atomic E-state index is 0.546. The monoisotopic (exact) mass is 366 g/mol. The lowest BCUT2D eigenvalue weighted by atomic mass is 10.0. The van der Waals surface area contributed by atoms with Crippen molar-refractivity contribution in [2.45, 2.75) is 27.2 Å². The van der Waals surface area contributed by atoms with Gasteiger partial charge in [-0.25, -0.2) is 15.0 Å². The van der Waals surface area contributed by atoms with Gasteiger partial charge in [-0.2, -0.15) is 5.26 Å². The summed E-state index contributed by atoms with van der Waals surface area (Å²) in [6, 6.07) is 5.66. The first-order chi connectivity index (χ1) is 12.6. The molecule has 0 saturated heterocycles. The van der Waals surface area contributed by atoms with Gasteiger partial charge in [-0.05, 0) is 42.3 Å². The molecule has 3 aromatic heterocycles. The Labute approximate surface area is 157 Å². The number of hydrogen-bond acceptors (Lipinski definition) is 7. The number of nitrogens with one attached hydrogen (secondary N) is 2. The Kier molecular flexibility index (Phi) is 5.64. The summed E-state index contributed by atoms with van der Waals surface area (Å²) in [6.45, 7) is 7.66. The molecule has 0 amide bonds. The van der Waals surface area contributed by atoms with Crippen LogP contribution in [0.15, 0.2) is 23.7 Å². The molecule has 3 rings (SSSR count). The van der Waals surface area contributed by atoms with Crippen LogP contribution in [0.2, 0.25) is 0 Å². The number of nitriles is 1. The second-order valence-corrected chi connectivity index (χ2v) is 7.38. The lowest BCUT2D eigenvalue weighted by Crippen LogP contribution is -2.16. The Morgan fingerprint density at radius 3 is 2.69 bits per heavy atom. The fourth-order valence-electron chi connectivity index (χ4n) is 2.82. The van der Waals surface area contributed by atoms with Crippen LogP contribution in [0.1, 0.15) is 30.8 Å². The number of thiophene rings is 1. The molecule has 26 heavy (non-hydrogen) atoms. The lowest BCUT2D eigenvalue weighted by Gasteiger charge is -2.11. The van der Waals surface area contributed by atoms with Crippen LogP contribution in [0.25, 0.3) is 10.2 Å². The molecule has 0 spiro atoms. The highest BCUT2D eigenvalue weighted by Gasteiger charge is 2.13. The van der Waals surface area contributed by atoms with Crippen molar-refractivity contribution in [3.8, 4) is 6.07 Å². The van der Waals surface area contributed by atoms with Gasteiger partial charge in [0.15, 0.2) is 0 Å². The van der Waals surface area contributed by atoms with E-state index in [4.69, 9.17) is 5.26 Å². The molecule has 0 aliphatic rings. The van der Waals surface area contributed by atoms with Crippen molar-refractivity contribution in [2.75, 3.05) is 23.7 Å². The van der Waals surface area contributed by atoms with Gasteiger partial charge in [-0.1, -0.05) is 13.8 Å². The molecule has 0 aliphatic heterocycles. The van der Waals surface area contributed by atoms with Gasteiger partial charge in [0, 0.05) is 19.3 Å². The van der Waals surface area contributed by atoms with Crippen molar-refractivity contribution < 1.29 is 0 Å². The number of nitrogens with zero attached hydrogens (tertiary/aromatic N) is 4. The van der Waals surface area contributed by atoms with Crippen molar-refractivity contribution in [1.29, 1.82) is 5.26 Å². The summed E-state index contributed by atoms with van der Waals surface area (Å²) in [6.07, 6.45) is 2.69. The Bertz CT molecular complexity index is 941. The zero-order valence-electron chi connectivity index (χ0n) is 15.2. The van der Waals surface area contributed by atoms with Gasteiger partial charge in [0.2, 0.25) is 0 Å². The van der Waals surface area contributed by atoms with Gasteiger partial charge < -0.3 is 10.6 Å². The summed E-state index contributed by atoms with van der Waals surface area (Å²) >= 11 is 1.67. The van der Waals surface area contributed by atoms with Crippen LogP contribution in [0.4, 0.5) is 11.6 Å². The number of aryl methyl sites for hydroxylation is 1. The van der Waals surface area contributed by atoms with Crippen molar-refractivity contribution >= 4 is 33.2 Å². The second-order valence-electron chi connectivity index (χ2n) is 6.52. The standard InChI is InChI=1S/C19H22N6S/c1-12(2)9-15-11-26-19-16(15)18(24-13(3)25-19)23-8-7-22-17-14(10-20)5-4-6-21-17/h4-6,11-12H,7-9H2,1-3H3,(H,21,22)(H,23,24,25). The number of aromatic nitrogens is 3. The predicted molar refractivity (Wildman–Crippen MR) is 107 cm³/mol. The number of pyridine rings is 1.